The highest BCUT2D eigenvalue weighted by Crippen LogP contribution is 2.57. The van der Waals surface area contributed by atoms with E-state index in [0.717, 1.165) is 49.6 Å². The number of rotatable bonds is 4. The van der Waals surface area contributed by atoms with Crippen LogP contribution in [0.15, 0.2) is 24.5 Å². The van der Waals surface area contributed by atoms with Crippen molar-refractivity contribution in [2.45, 2.75) is 52.1 Å². The molecule has 1 saturated carbocycles. The Bertz CT molecular complexity index is 1090. The van der Waals surface area contributed by atoms with Crippen molar-refractivity contribution in [3.8, 4) is 0 Å². The molecule has 35 heavy (non-hydrogen) atoms. The Morgan fingerprint density at radius 2 is 1.97 bits per heavy atom. The molecule has 2 aliphatic carbocycles. The number of hydrogen-bond acceptors (Lipinski definition) is 7. The third kappa shape index (κ3) is 4.62. The van der Waals surface area contributed by atoms with Gasteiger partial charge in [0.15, 0.2) is 5.13 Å². The number of thiazole rings is 1. The fourth-order valence-corrected chi connectivity index (χ4v) is 8.69. The second kappa shape index (κ2) is 9.82. The quantitative estimate of drug-likeness (QED) is 0.639. The highest BCUT2D eigenvalue weighted by atomic mass is 32.2. The van der Waals surface area contributed by atoms with Gasteiger partial charge < -0.3 is 10.0 Å². The van der Waals surface area contributed by atoms with Gasteiger partial charge >= 0.3 is 0 Å². The summed E-state index contributed by atoms with van der Waals surface area (Å²) >= 11 is 3.44. The summed E-state index contributed by atoms with van der Waals surface area (Å²) in [6, 6.07) is 3.37. The summed E-state index contributed by atoms with van der Waals surface area (Å²) in [6.07, 6.45) is 5.33. The normalized spacial score (nSPS) is 31.3. The highest BCUT2D eigenvalue weighted by molar-refractivity contribution is 7.99. The Morgan fingerprint density at radius 1 is 1.26 bits per heavy atom. The number of anilines is 1. The molecule has 0 spiro atoms. The smallest absolute Gasteiger partial charge is 0.257 e. The van der Waals surface area contributed by atoms with E-state index in [2.05, 4.69) is 24.1 Å². The van der Waals surface area contributed by atoms with Crippen molar-refractivity contribution in [2.24, 2.45) is 23.2 Å². The van der Waals surface area contributed by atoms with Crippen LogP contribution in [-0.2, 0) is 11.2 Å². The van der Waals surface area contributed by atoms with Gasteiger partial charge in [-0.3, -0.25) is 19.9 Å². The summed E-state index contributed by atoms with van der Waals surface area (Å²) in [5, 5.41) is 15.2. The zero-order chi connectivity index (χ0) is 24.7. The van der Waals surface area contributed by atoms with Crippen LogP contribution in [-0.4, -0.2) is 62.5 Å². The Kier molecular flexibility index (Phi) is 6.94. The van der Waals surface area contributed by atoms with E-state index < -0.39 is 6.10 Å². The van der Waals surface area contributed by atoms with Crippen molar-refractivity contribution in [1.29, 1.82) is 0 Å². The molecule has 0 aromatic carbocycles. The Balaban J connectivity index is 1.34. The fourth-order valence-electron chi connectivity index (χ4n) is 6.53. The summed E-state index contributed by atoms with van der Waals surface area (Å²) in [7, 11) is 0. The van der Waals surface area contributed by atoms with Gasteiger partial charge in [-0.25, -0.2) is 4.98 Å². The molecule has 1 aliphatic heterocycles. The van der Waals surface area contributed by atoms with E-state index in [9.17, 15) is 14.7 Å². The van der Waals surface area contributed by atoms with Gasteiger partial charge in [0.25, 0.3) is 5.91 Å². The fraction of sp³-hybridized carbons (Fsp3) is 0.615. The number of carbonyl (C=O) groups excluding carboxylic acids is 2. The number of nitrogens with one attached hydrogen (secondary N) is 1. The number of aliphatic hydroxyl groups excluding tert-OH is 1. The van der Waals surface area contributed by atoms with Crippen molar-refractivity contribution in [3.05, 3.63) is 40.7 Å². The maximum Gasteiger partial charge on any atom is 0.257 e. The maximum absolute atomic E-state index is 13.2. The molecule has 6 atom stereocenters. The molecule has 2 aromatic heterocycles. The predicted octanol–water partition coefficient (Wildman–Crippen LogP) is 4.05. The molecule has 2 N–H and O–H groups in total. The van der Waals surface area contributed by atoms with Gasteiger partial charge in [-0.05, 0) is 48.6 Å². The third-order valence-corrected chi connectivity index (χ3v) is 10.4. The van der Waals surface area contributed by atoms with E-state index in [1.165, 1.54) is 4.88 Å². The second-order valence-electron chi connectivity index (χ2n) is 10.6. The maximum atomic E-state index is 13.2. The number of carbonyl (C=O) groups is 2. The average molecular weight is 515 g/mol. The minimum Gasteiger partial charge on any atom is -0.392 e. The first-order chi connectivity index (χ1) is 16.8. The van der Waals surface area contributed by atoms with Crippen molar-refractivity contribution >= 4 is 40.0 Å². The molecule has 0 unspecified atom stereocenters. The van der Waals surface area contributed by atoms with Crippen LogP contribution in [0.1, 0.15) is 60.5 Å². The van der Waals surface area contributed by atoms with Crippen molar-refractivity contribution in [1.82, 2.24) is 14.9 Å². The van der Waals surface area contributed by atoms with E-state index in [1.54, 1.807) is 35.9 Å². The molecule has 1 saturated heterocycles. The summed E-state index contributed by atoms with van der Waals surface area (Å²) in [5.74, 6) is 1.85. The number of aliphatic hydroxyl groups is 1. The molecule has 2 aromatic rings. The zero-order valence-electron chi connectivity index (χ0n) is 20.6. The van der Waals surface area contributed by atoms with Crippen LogP contribution in [0.4, 0.5) is 5.13 Å². The molecule has 188 valence electrons. The molecule has 2 amide bonds. The van der Waals surface area contributed by atoms with Crippen LogP contribution in [0.25, 0.3) is 0 Å². The lowest BCUT2D eigenvalue weighted by Crippen LogP contribution is -2.54. The number of thioether (sulfide) groups is 1. The molecular weight excluding hydrogens is 480 g/mol. The van der Waals surface area contributed by atoms with E-state index in [-0.39, 0.29) is 40.9 Å². The van der Waals surface area contributed by atoms with E-state index in [1.807, 2.05) is 23.6 Å². The number of amides is 2. The van der Waals surface area contributed by atoms with Crippen LogP contribution in [0.3, 0.4) is 0 Å². The molecule has 0 bridgehead atoms. The molecule has 5 rings (SSSR count). The first-order valence-corrected chi connectivity index (χ1v) is 14.5. The molecular formula is C26H34N4O3S2. The van der Waals surface area contributed by atoms with Crippen LogP contribution in [0, 0.1) is 23.2 Å². The van der Waals surface area contributed by atoms with Gasteiger partial charge in [0.05, 0.1) is 11.8 Å². The molecule has 7 nitrogen and oxygen atoms in total. The Hall–Kier alpha value is -1.97. The lowest BCUT2D eigenvalue weighted by molar-refractivity contribution is -0.144. The van der Waals surface area contributed by atoms with Gasteiger partial charge in [0.1, 0.15) is 0 Å². The number of pyridine rings is 1. The minimum absolute atomic E-state index is 0.0340. The van der Waals surface area contributed by atoms with Crippen LogP contribution < -0.4 is 5.32 Å². The summed E-state index contributed by atoms with van der Waals surface area (Å²) in [4.78, 5) is 37.8. The van der Waals surface area contributed by atoms with Gasteiger partial charge in [-0.2, -0.15) is 11.8 Å². The summed E-state index contributed by atoms with van der Waals surface area (Å²) < 4.78 is 0. The van der Waals surface area contributed by atoms with Crippen LogP contribution >= 0.6 is 23.1 Å². The summed E-state index contributed by atoms with van der Waals surface area (Å²) in [5.41, 5.74) is 1.48. The highest BCUT2D eigenvalue weighted by Gasteiger charge is 2.54. The molecule has 3 heterocycles. The number of aromatic nitrogens is 2. The Labute approximate surface area is 215 Å². The van der Waals surface area contributed by atoms with Gasteiger partial charge in [-0.15, -0.1) is 11.3 Å². The zero-order valence-corrected chi connectivity index (χ0v) is 22.2. The average Bonchev–Trinajstić information content (AvgIpc) is 3.26. The van der Waals surface area contributed by atoms with Crippen LogP contribution in [0.5, 0.6) is 0 Å². The largest absolute Gasteiger partial charge is 0.392 e. The first-order valence-electron chi connectivity index (χ1n) is 12.5. The number of fused-ring (bicyclic) bond motifs is 2. The molecule has 9 heteroatoms. The lowest BCUT2D eigenvalue weighted by atomic mass is 9.53. The number of nitrogens with zero attached hydrogens (tertiary/aromatic N) is 3. The summed E-state index contributed by atoms with van der Waals surface area (Å²) in [6.45, 7) is 8.05. The topological polar surface area (TPSA) is 95.4 Å². The minimum atomic E-state index is -0.549. The van der Waals surface area contributed by atoms with Crippen LogP contribution in [0.2, 0.25) is 0 Å². The van der Waals surface area contributed by atoms with Gasteiger partial charge in [0.2, 0.25) is 5.91 Å². The standard InChI is InChI=1S/C26H34N4O3S2/c1-15(24(33)30-10-12-34-13-11-30)18-4-7-26(3)14-19-21(16(2)20(26)22(18)31)28-25(35-19)29-23(32)17-5-8-27-9-6-17/h5-6,8-9,15-16,18,20,22,31H,4,7,10-14H2,1-3H3,(H,28,29,32)/t15-,16-,18-,20+,22-,26+/m0/s1. The Morgan fingerprint density at radius 3 is 2.69 bits per heavy atom. The SMILES string of the molecule is C[C@H](C(=O)N1CCSCC1)[C@@H]1CC[C@]2(C)Cc3sc(NC(=O)c4ccncc4)nc3[C@@H](C)[C@@H]2[C@H]1O. The number of hydrogen-bond donors (Lipinski definition) is 2. The van der Waals surface area contributed by atoms with Gasteiger partial charge in [0, 0.05) is 59.3 Å². The predicted molar refractivity (Wildman–Crippen MR) is 140 cm³/mol. The lowest BCUT2D eigenvalue weighted by Gasteiger charge is -2.53. The third-order valence-electron chi connectivity index (χ3n) is 8.44. The molecule has 2 fully saturated rings. The van der Waals surface area contributed by atoms with E-state index in [4.69, 9.17) is 4.98 Å². The molecule has 3 aliphatic rings. The van der Waals surface area contributed by atoms with E-state index in [0.29, 0.717) is 10.7 Å². The molecule has 0 radical (unpaired) electrons. The van der Waals surface area contributed by atoms with Crippen molar-refractivity contribution < 1.29 is 14.7 Å². The monoisotopic (exact) mass is 514 g/mol. The van der Waals surface area contributed by atoms with Gasteiger partial charge in [-0.1, -0.05) is 20.8 Å². The van der Waals surface area contributed by atoms with Crippen molar-refractivity contribution in [3.63, 3.8) is 0 Å². The first kappa shape index (κ1) is 24.7. The van der Waals surface area contributed by atoms with E-state index >= 15 is 0 Å². The second-order valence-corrected chi connectivity index (χ2v) is 12.9. The van der Waals surface area contributed by atoms with Crippen molar-refractivity contribution in [2.75, 3.05) is 29.9 Å².